The van der Waals surface area contributed by atoms with E-state index in [1.54, 1.807) is 31.5 Å². The fraction of sp³-hybridized carbons (Fsp3) is 0.323. The number of halogens is 2. The Balaban J connectivity index is 1.34. The van der Waals surface area contributed by atoms with Crippen LogP contribution in [0.15, 0.2) is 53.6 Å². The zero-order chi connectivity index (χ0) is 28.7. The van der Waals surface area contributed by atoms with Gasteiger partial charge in [-0.3, -0.25) is 14.3 Å². The van der Waals surface area contributed by atoms with Crippen LogP contribution < -0.4 is 15.8 Å². The summed E-state index contributed by atoms with van der Waals surface area (Å²) in [5, 5.41) is 4.30. The lowest BCUT2D eigenvalue weighted by atomic mass is 10.1. The molecule has 2 bridgehead atoms. The van der Waals surface area contributed by atoms with Crippen molar-refractivity contribution in [2.45, 2.75) is 31.8 Å². The molecule has 2 unspecified atom stereocenters. The van der Waals surface area contributed by atoms with Gasteiger partial charge in [0.05, 0.1) is 32.2 Å². The number of rotatable bonds is 5. The summed E-state index contributed by atoms with van der Waals surface area (Å²) in [6.07, 6.45) is 5.66. The van der Waals surface area contributed by atoms with Crippen LogP contribution in [0.3, 0.4) is 0 Å². The Kier molecular flexibility index (Phi) is 7.62. The topological polar surface area (TPSA) is 75.5 Å². The number of ether oxygens (including phenoxy) is 1. The number of anilines is 3. The van der Waals surface area contributed by atoms with Gasteiger partial charge in [0.15, 0.2) is 0 Å². The van der Waals surface area contributed by atoms with E-state index in [4.69, 9.17) is 32.9 Å². The maximum absolute atomic E-state index is 13.6. The van der Waals surface area contributed by atoms with Crippen molar-refractivity contribution in [1.29, 1.82) is 0 Å². The number of benzene rings is 2. The first-order chi connectivity index (χ1) is 19.8. The molecule has 6 rings (SSSR count). The van der Waals surface area contributed by atoms with E-state index in [9.17, 15) is 4.79 Å². The van der Waals surface area contributed by atoms with Crippen LogP contribution in [0.25, 0.3) is 16.6 Å². The van der Waals surface area contributed by atoms with E-state index in [0.717, 1.165) is 18.8 Å². The lowest BCUT2D eigenvalue weighted by Gasteiger charge is -2.40. The normalized spacial score (nSPS) is 18.4. The highest BCUT2D eigenvalue weighted by molar-refractivity contribution is 6.37. The van der Waals surface area contributed by atoms with Crippen LogP contribution in [0.2, 0.25) is 10.0 Å². The SMILES string of the molecule is COCC#Cc1cn(-c2c(Cl)cccc2Cl)c(=O)c2cnc(Nc3ccc(N4CC5CCC(C4)N5C)c(C)c3)nc12. The molecule has 2 aliphatic rings. The van der Waals surface area contributed by atoms with Gasteiger partial charge in [0.25, 0.3) is 5.56 Å². The molecule has 0 saturated carbocycles. The number of para-hydroxylation sites is 1. The van der Waals surface area contributed by atoms with Crippen LogP contribution in [-0.2, 0) is 4.74 Å². The van der Waals surface area contributed by atoms with Gasteiger partial charge in [-0.05, 0) is 62.7 Å². The number of aromatic nitrogens is 3. The van der Waals surface area contributed by atoms with E-state index >= 15 is 0 Å². The van der Waals surface area contributed by atoms with Gasteiger partial charge in [0.1, 0.15) is 6.61 Å². The molecule has 8 nitrogen and oxygen atoms in total. The van der Waals surface area contributed by atoms with Crippen LogP contribution in [0, 0.1) is 18.8 Å². The quantitative estimate of drug-likeness (QED) is 0.312. The van der Waals surface area contributed by atoms with Gasteiger partial charge < -0.3 is 15.0 Å². The molecular weight excluding hydrogens is 559 g/mol. The first-order valence-corrected chi connectivity index (χ1v) is 14.3. The first-order valence-electron chi connectivity index (χ1n) is 13.5. The van der Waals surface area contributed by atoms with Gasteiger partial charge in [-0.2, -0.15) is 0 Å². The predicted octanol–water partition coefficient (Wildman–Crippen LogP) is 5.42. The van der Waals surface area contributed by atoms with E-state index in [1.165, 1.54) is 34.9 Å². The van der Waals surface area contributed by atoms with Gasteiger partial charge in [0.2, 0.25) is 5.95 Å². The second kappa shape index (κ2) is 11.3. The largest absolute Gasteiger partial charge is 0.372 e. The predicted molar refractivity (Wildman–Crippen MR) is 165 cm³/mol. The Morgan fingerprint density at radius 3 is 2.54 bits per heavy atom. The summed E-state index contributed by atoms with van der Waals surface area (Å²) in [6, 6.07) is 12.7. The summed E-state index contributed by atoms with van der Waals surface area (Å²) in [5.41, 5.74) is 4.29. The fourth-order valence-electron chi connectivity index (χ4n) is 5.89. The summed E-state index contributed by atoms with van der Waals surface area (Å²) in [4.78, 5) is 27.8. The number of nitrogens with zero attached hydrogens (tertiary/aromatic N) is 5. The Hall–Kier alpha value is -3.61. The number of hydrogen-bond acceptors (Lipinski definition) is 7. The van der Waals surface area contributed by atoms with Crippen molar-refractivity contribution >= 4 is 51.4 Å². The number of fused-ring (bicyclic) bond motifs is 3. The lowest BCUT2D eigenvalue weighted by molar-refractivity contribution is 0.212. The third-order valence-electron chi connectivity index (χ3n) is 8.01. The molecule has 4 aromatic rings. The molecule has 41 heavy (non-hydrogen) atoms. The number of nitrogens with one attached hydrogen (secondary N) is 1. The van der Waals surface area contributed by atoms with E-state index in [-0.39, 0.29) is 12.2 Å². The number of piperazine rings is 1. The van der Waals surface area contributed by atoms with Crippen molar-refractivity contribution in [1.82, 2.24) is 19.4 Å². The molecule has 2 saturated heterocycles. The molecular formula is C31H30Cl2N6O2. The Labute approximate surface area is 248 Å². The molecule has 4 heterocycles. The Bertz CT molecular complexity index is 1730. The average Bonchev–Trinajstić information content (AvgIpc) is 3.14. The number of likely N-dealkylation sites (N-methyl/N-ethyl adjacent to an activating group) is 1. The maximum atomic E-state index is 13.6. The molecule has 0 spiro atoms. The molecule has 10 heteroatoms. The Morgan fingerprint density at radius 2 is 1.85 bits per heavy atom. The van der Waals surface area contributed by atoms with E-state index in [0.29, 0.717) is 50.2 Å². The molecule has 0 amide bonds. The minimum absolute atomic E-state index is 0.226. The van der Waals surface area contributed by atoms with Gasteiger partial charge in [0, 0.05) is 56.1 Å². The first kappa shape index (κ1) is 27.6. The average molecular weight is 590 g/mol. The smallest absolute Gasteiger partial charge is 0.266 e. The van der Waals surface area contributed by atoms with E-state index < -0.39 is 0 Å². The maximum Gasteiger partial charge on any atom is 0.266 e. The van der Waals surface area contributed by atoms with Crippen molar-refractivity contribution in [3.63, 3.8) is 0 Å². The van der Waals surface area contributed by atoms with Gasteiger partial charge in [-0.15, -0.1) is 0 Å². The number of aryl methyl sites for hydroxylation is 1. The molecule has 1 N–H and O–H groups in total. The molecule has 0 aliphatic carbocycles. The van der Waals surface area contributed by atoms with Crippen molar-refractivity contribution in [3.05, 3.63) is 80.3 Å². The van der Waals surface area contributed by atoms with Crippen LogP contribution in [0.5, 0.6) is 0 Å². The second-order valence-electron chi connectivity index (χ2n) is 10.6. The zero-order valence-electron chi connectivity index (χ0n) is 23.1. The van der Waals surface area contributed by atoms with Crippen molar-refractivity contribution in [2.75, 3.05) is 44.1 Å². The molecule has 2 aromatic heterocycles. The fourth-order valence-corrected chi connectivity index (χ4v) is 6.47. The highest BCUT2D eigenvalue weighted by Crippen LogP contribution is 2.34. The molecule has 2 aliphatic heterocycles. The van der Waals surface area contributed by atoms with E-state index in [1.807, 2.05) is 6.07 Å². The van der Waals surface area contributed by atoms with Crippen molar-refractivity contribution in [3.8, 4) is 17.5 Å². The zero-order valence-corrected chi connectivity index (χ0v) is 24.6. The lowest BCUT2D eigenvalue weighted by Crippen LogP contribution is -2.52. The van der Waals surface area contributed by atoms with Gasteiger partial charge in [-0.1, -0.05) is 41.1 Å². The molecule has 2 fully saturated rings. The third-order valence-corrected chi connectivity index (χ3v) is 8.62. The van der Waals surface area contributed by atoms with Crippen LogP contribution in [-0.4, -0.2) is 65.4 Å². The highest BCUT2D eigenvalue weighted by atomic mass is 35.5. The minimum Gasteiger partial charge on any atom is -0.372 e. The number of hydrogen-bond donors (Lipinski definition) is 1. The van der Waals surface area contributed by atoms with Gasteiger partial charge in [-0.25, -0.2) is 9.97 Å². The van der Waals surface area contributed by atoms with Crippen molar-refractivity contribution in [2.24, 2.45) is 0 Å². The summed E-state index contributed by atoms with van der Waals surface area (Å²) in [6.45, 7) is 4.47. The standard InChI is InChI=1S/C31H30Cl2N6O2/c1-19-14-21(9-12-27(19)38-17-22-10-11-23(18-38)37(22)2)35-31-34-15-24-28(36-31)20(6-5-13-41-3)16-39(30(24)40)29-25(32)7-4-8-26(29)33/h4,7-9,12,14-16,22-23H,10-11,13,17-18H2,1-3H3,(H,34,35,36). The number of methoxy groups -OCH3 is 1. The highest BCUT2D eigenvalue weighted by Gasteiger charge is 2.37. The molecule has 210 valence electrons. The van der Waals surface area contributed by atoms with Crippen LogP contribution >= 0.6 is 23.2 Å². The van der Waals surface area contributed by atoms with Gasteiger partial charge >= 0.3 is 0 Å². The van der Waals surface area contributed by atoms with Crippen LogP contribution in [0.1, 0.15) is 24.0 Å². The summed E-state index contributed by atoms with van der Waals surface area (Å²) in [7, 11) is 3.82. The van der Waals surface area contributed by atoms with Crippen molar-refractivity contribution < 1.29 is 4.74 Å². The summed E-state index contributed by atoms with van der Waals surface area (Å²) >= 11 is 12.9. The molecule has 0 radical (unpaired) electrons. The minimum atomic E-state index is -0.347. The Morgan fingerprint density at radius 1 is 1.12 bits per heavy atom. The summed E-state index contributed by atoms with van der Waals surface area (Å²) in [5.74, 6) is 6.40. The summed E-state index contributed by atoms with van der Waals surface area (Å²) < 4.78 is 6.50. The number of pyridine rings is 1. The second-order valence-corrected chi connectivity index (χ2v) is 11.4. The monoisotopic (exact) mass is 588 g/mol. The van der Waals surface area contributed by atoms with E-state index in [2.05, 4.69) is 58.0 Å². The third kappa shape index (κ3) is 5.27. The van der Waals surface area contributed by atoms with Crippen LogP contribution in [0.4, 0.5) is 17.3 Å². The molecule has 2 aromatic carbocycles. The molecule has 2 atom stereocenters.